The zero-order chi connectivity index (χ0) is 12.5. The van der Waals surface area contributed by atoms with Crippen LogP contribution in [-0.2, 0) is 0 Å². The molecule has 0 aliphatic heterocycles. The van der Waals surface area contributed by atoms with Gasteiger partial charge in [-0.2, -0.15) is 0 Å². The quantitative estimate of drug-likeness (QED) is 0.827. The van der Waals surface area contributed by atoms with E-state index < -0.39 is 0 Å². The first-order valence-electron chi connectivity index (χ1n) is 6.40. The maximum absolute atomic E-state index is 4.67. The zero-order valence-electron chi connectivity index (χ0n) is 10.7. The first kappa shape index (κ1) is 11.3. The van der Waals surface area contributed by atoms with Crippen molar-refractivity contribution in [1.82, 2.24) is 19.9 Å². The molecule has 4 nitrogen and oxygen atoms in total. The molecule has 2 aromatic heterocycles. The van der Waals surface area contributed by atoms with Crippen LogP contribution in [-0.4, -0.2) is 19.9 Å². The molecule has 18 heavy (non-hydrogen) atoms. The number of hydrogen-bond acceptors (Lipinski definition) is 4. The van der Waals surface area contributed by atoms with Crippen LogP contribution in [0.4, 0.5) is 0 Å². The van der Waals surface area contributed by atoms with E-state index in [1.54, 1.807) is 18.5 Å². The third-order valence-corrected chi connectivity index (χ3v) is 3.18. The van der Waals surface area contributed by atoms with Gasteiger partial charge < -0.3 is 0 Å². The molecule has 2 aromatic rings. The zero-order valence-corrected chi connectivity index (χ0v) is 10.7. The molecule has 0 aromatic carbocycles. The molecule has 0 N–H and O–H groups in total. The largest absolute Gasteiger partial charge is 0.234 e. The van der Waals surface area contributed by atoms with E-state index in [-0.39, 0.29) is 0 Å². The highest BCUT2D eigenvalue weighted by Crippen LogP contribution is 2.42. The Hall–Kier alpha value is -1.84. The van der Waals surface area contributed by atoms with Gasteiger partial charge >= 0.3 is 0 Å². The Morgan fingerprint density at radius 1 is 1.06 bits per heavy atom. The van der Waals surface area contributed by atoms with E-state index in [9.17, 15) is 0 Å². The minimum absolute atomic E-state index is 0.408. The molecule has 4 heteroatoms. The molecule has 2 heterocycles. The summed E-state index contributed by atoms with van der Waals surface area (Å²) in [5.41, 5.74) is 2.46. The molecule has 0 radical (unpaired) electrons. The minimum atomic E-state index is 0.408. The maximum Gasteiger partial charge on any atom is 0.197 e. The van der Waals surface area contributed by atoms with Gasteiger partial charge in [-0.3, -0.25) is 0 Å². The summed E-state index contributed by atoms with van der Waals surface area (Å²) in [5.74, 6) is 2.31. The molecule has 1 aliphatic carbocycles. The van der Waals surface area contributed by atoms with E-state index >= 15 is 0 Å². The van der Waals surface area contributed by atoms with Crippen LogP contribution in [0.3, 0.4) is 0 Å². The molecule has 0 spiro atoms. The highest BCUT2D eigenvalue weighted by molar-refractivity contribution is 5.44. The second kappa shape index (κ2) is 4.44. The smallest absolute Gasteiger partial charge is 0.197 e. The van der Waals surface area contributed by atoms with Gasteiger partial charge in [-0.15, -0.1) is 0 Å². The highest BCUT2D eigenvalue weighted by atomic mass is 15.0. The standard InChI is InChI=1S/C14H16N4/c1-9(2)12-11(10-4-5-10)8-17-14(18-12)13-15-6-3-7-16-13/h3,6-10H,4-5H2,1-2H3. The summed E-state index contributed by atoms with van der Waals surface area (Å²) < 4.78 is 0. The van der Waals surface area contributed by atoms with Crippen molar-refractivity contribution in [2.24, 2.45) is 0 Å². The molecule has 1 aliphatic rings. The average Bonchev–Trinajstić information content (AvgIpc) is 3.23. The highest BCUT2D eigenvalue weighted by Gasteiger charge is 2.28. The molecule has 0 bridgehead atoms. The molecule has 92 valence electrons. The van der Waals surface area contributed by atoms with Crippen LogP contribution < -0.4 is 0 Å². The summed E-state index contributed by atoms with van der Waals surface area (Å²) in [4.78, 5) is 17.5. The minimum Gasteiger partial charge on any atom is -0.234 e. The molecule has 3 rings (SSSR count). The van der Waals surface area contributed by atoms with Gasteiger partial charge in [0, 0.05) is 18.6 Å². The van der Waals surface area contributed by atoms with Crippen molar-refractivity contribution < 1.29 is 0 Å². The van der Waals surface area contributed by atoms with Crippen LogP contribution in [0, 0.1) is 0 Å². The van der Waals surface area contributed by atoms with Crippen molar-refractivity contribution in [2.75, 3.05) is 0 Å². The van der Waals surface area contributed by atoms with Gasteiger partial charge in [-0.25, -0.2) is 19.9 Å². The Balaban J connectivity index is 2.05. The monoisotopic (exact) mass is 240 g/mol. The van der Waals surface area contributed by atoms with E-state index in [0.717, 1.165) is 5.69 Å². The van der Waals surface area contributed by atoms with Crippen LogP contribution in [0.2, 0.25) is 0 Å². The van der Waals surface area contributed by atoms with Crippen molar-refractivity contribution in [1.29, 1.82) is 0 Å². The number of rotatable bonds is 3. The van der Waals surface area contributed by atoms with E-state index in [1.807, 2.05) is 6.20 Å². The lowest BCUT2D eigenvalue weighted by molar-refractivity contribution is 0.786. The molecule has 0 unspecified atom stereocenters. The SMILES string of the molecule is CC(C)c1nc(-c2ncccn2)ncc1C1CC1. The molecular weight excluding hydrogens is 224 g/mol. The van der Waals surface area contributed by atoms with Crippen LogP contribution in [0.25, 0.3) is 11.6 Å². The fraction of sp³-hybridized carbons (Fsp3) is 0.429. The van der Waals surface area contributed by atoms with Gasteiger partial charge in [0.2, 0.25) is 0 Å². The Labute approximate surface area is 107 Å². The first-order valence-corrected chi connectivity index (χ1v) is 6.40. The summed E-state index contributed by atoms with van der Waals surface area (Å²) in [6, 6.07) is 1.80. The lowest BCUT2D eigenvalue weighted by Gasteiger charge is -2.11. The lowest BCUT2D eigenvalue weighted by Crippen LogP contribution is -2.04. The van der Waals surface area contributed by atoms with Gasteiger partial charge in [-0.05, 0) is 36.3 Å². The molecule has 0 saturated heterocycles. The third-order valence-electron chi connectivity index (χ3n) is 3.18. The van der Waals surface area contributed by atoms with Gasteiger partial charge in [0.25, 0.3) is 0 Å². The van der Waals surface area contributed by atoms with E-state index in [4.69, 9.17) is 0 Å². The molecular formula is C14H16N4. The molecule has 0 atom stereocenters. The van der Waals surface area contributed by atoms with Crippen LogP contribution in [0.5, 0.6) is 0 Å². The van der Waals surface area contributed by atoms with Gasteiger partial charge in [0.1, 0.15) is 0 Å². The summed E-state index contributed by atoms with van der Waals surface area (Å²) in [6.45, 7) is 4.34. The average molecular weight is 240 g/mol. The Kier molecular flexibility index (Phi) is 2.78. The molecule has 1 fully saturated rings. The summed E-state index contributed by atoms with van der Waals surface area (Å²) in [5, 5.41) is 0. The Morgan fingerprint density at radius 2 is 1.78 bits per heavy atom. The predicted octanol–water partition coefficient (Wildman–Crippen LogP) is 2.93. The second-order valence-corrected chi connectivity index (χ2v) is 5.04. The fourth-order valence-corrected chi connectivity index (χ4v) is 2.10. The molecule has 0 amide bonds. The first-order chi connectivity index (χ1) is 8.75. The number of aromatic nitrogens is 4. The van der Waals surface area contributed by atoms with Crippen molar-refractivity contribution in [3.63, 3.8) is 0 Å². The maximum atomic E-state index is 4.67. The number of nitrogens with zero attached hydrogens (tertiary/aromatic N) is 4. The summed E-state index contributed by atoms with van der Waals surface area (Å²) in [7, 11) is 0. The van der Waals surface area contributed by atoms with Crippen molar-refractivity contribution in [2.45, 2.75) is 38.5 Å². The summed E-state index contributed by atoms with van der Waals surface area (Å²) >= 11 is 0. The van der Waals surface area contributed by atoms with Crippen molar-refractivity contribution in [3.8, 4) is 11.6 Å². The normalized spacial score (nSPS) is 15.1. The lowest BCUT2D eigenvalue weighted by atomic mass is 10.0. The topological polar surface area (TPSA) is 51.6 Å². The van der Waals surface area contributed by atoms with Gasteiger partial charge in [0.05, 0.1) is 5.69 Å². The van der Waals surface area contributed by atoms with Crippen LogP contribution in [0.15, 0.2) is 24.7 Å². The van der Waals surface area contributed by atoms with Crippen molar-refractivity contribution in [3.05, 3.63) is 35.9 Å². The Morgan fingerprint density at radius 3 is 2.39 bits per heavy atom. The third kappa shape index (κ3) is 2.10. The van der Waals surface area contributed by atoms with Crippen molar-refractivity contribution >= 4 is 0 Å². The Bertz CT molecular complexity index is 547. The van der Waals surface area contributed by atoms with Gasteiger partial charge in [0.15, 0.2) is 11.6 Å². The van der Waals surface area contributed by atoms with E-state index in [1.165, 1.54) is 18.4 Å². The predicted molar refractivity (Wildman–Crippen MR) is 69.1 cm³/mol. The van der Waals surface area contributed by atoms with E-state index in [2.05, 4.69) is 33.8 Å². The van der Waals surface area contributed by atoms with Crippen LogP contribution in [0.1, 0.15) is 49.8 Å². The number of hydrogen-bond donors (Lipinski definition) is 0. The van der Waals surface area contributed by atoms with Crippen LogP contribution >= 0.6 is 0 Å². The summed E-state index contributed by atoms with van der Waals surface area (Å²) in [6.07, 6.45) is 7.94. The molecule has 1 saturated carbocycles. The second-order valence-electron chi connectivity index (χ2n) is 5.04. The van der Waals surface area contributed by atoms with Gasteiger partial charge in [-0.1, -0.05) is 13.8 Å². The fourth-order valence-electron chi connectivity index (χ4n) is 2.10. The van der Waals surface area contributed by atoms with E-state index in [0.29, 0.717) is 23.5 Å².